The summed E-state index contributed by atoms with van der Waals surface area (Å²) in [5.74, 6) is -0.408. The lowest BCUT2D eigenvalue weighted by atomic mass is 10.1. The van der Waals surface area contributed by atoms with Crippen molar-refractivity contribution in [1.29, 1.82) is 0 Å². The normalized spacial score (nSPS) is 24.4. The van der Waals surface area contributed by atoms with Gasteiger partial charge >= 0.3 is 0 Å². The van der Waals surface area contributed by atoms with Crippen LogP contribution >= 0.6 is 0 Å². The van der Waals surface area contributed by atoms with Gasteiger partial charge in [-0.2, -0.15) is 5.10 Å². The predicted molar refractivity (Wildman–Crippen MR) is 68.9 cm³/mol. The number of hydrogen-bond donors (Lipinski definition) is 0. The van der Waals surface area contributed by atoms with E-state index < -0.39 is 0 Å². The van der Waals surface area contributed by atoms with Crippen molar-refractivity contribution in [3.05, 3.63) is 23.4 Å². The van der Waals surface area contributed by atoms with Crippen molar-refractivity contribution < 1.29 is 9.59 Å². The molecule has 2 aliphatic rings. The van der Waals surface area contributed by atoms with Gasteiger partial charge in [0.1, 0.15) is 5.71 Å². The highest BCUT2D eigenvalue weighted by atomic mass is 16.2. The lowest BCUT2D eigenvalue weighted by Crippen LogP contribution is -2.18. The molecular weight excluding hydrogens is 230 g/mol. The first-order chi connectivity index (χ1) is 8.50. The summed E-state index contributed by atoms with van der Waals surface area (Å²) in [6, 6.07) is 0. The van der Waals surface area contributed by atoms with E-state index in [4.69, 9.17) is 0 Å². The minimum absolute atomic E-state index is 0.183. The number of likely N-dealkylation sites (tertiary alicyclic amines) is 1. The SMILES string of the molecule is CC(=O)C1=NN(C)C(=O)/C1=C/C=C1/CCCN1C. The van der Waals surface area contributed by atoms with Crippen LogP contribution in [0.2, 0.25) is 0 Å². The van der Waals surface area contributed by atoms with E-state index >= 15 is 0 Å². The van der Waals surface area contributed by atoms with Crippen LogP contribution in [0.1, 0.15) is 19.8 Å². The number of Topliss-reactive ketones (excluding diaryl/α,β-unsaturated/α-hetero) is 1. The van der Waals surface area contributed by atoms with Gasteiger partial charge in [-0.05, 0) is 25.0 Å². The highest BCUT2D eigenvalue weighted by Gasteiger charge is 2.29. The number of allylic oxidation sites excluding steroid dienone is 3. The molecule has 5 heteroatoms. The Labute approximate surface area is 106 Å². The van der Waals surface area contributed by atoms with Crippen molar-refractivity contribution in [2.75, 3.05) is 20.6 Å². The molecule has 1 fully saturated rings. The van der Waals surface area contributed by atoms with E-state index in [-0.39, 0.29) is 17.4 Å². The van der Waals surface area contributed by atoms with Gasteiger partial charge in [0.05, 0.1) is 5.57 Å². The van der Waals surface area contributed by atoms with Crippen molar-refractivity contribution in [2.45, 2.75) is 19.8 Å². The summed E-state index contributed by atoms with van der Waals surface area (Å²) in [7, 11) is 3.58. The van der Waals surface area contributed by atoms with Crippen LogP contribution in [-0.2, 0) is 9.59 Å². The Morgan fingerprint density at radius 1 is 1.33 bits per heavy atom. The fraction of sp³-hybridized carbons (Fsp3) is 0.462. The molecule has 96 valence electrons. The van der Waals surface area contributed by atoms with Crippen LogP contribution in [0.25, 0.3) is 0 Å². The van der Waals surface area contributed by atoms with Crippen LogP contribution in [0.3, 0.4) is 0 Å². The molecule has 1 saturated heterocycles. The smallest absolute Gasteiger partial charge is 0.276 e. The highest BCUT2D eigenvalue weighted by molar-refractivity contribution is 6.52. The van der Waals surface area contributed by atoms with E-state index in [1.165, 1.54) is 17.6 Å². The molecule has 0 spiro atoms. The Balaban J connectivity index is 2.29. The molecule has 5 nitrogen and oxygen atoms in total. The average Bonchev–Trinajstić information content (AvgIpc) is 2.83. The quantitative estimate of drug-likeness (QED) is 0.682. The Hall–Kier alpha value is -1.91. The Bertz CT molecular complexity index is 488. The number of ketones is 1. The zero-order chi connectivity index (χ0) is 13.3. The Morgan fingerprint density at radius 3 is 2.61 bits per heavy atom. The average molecular weight is 247 g/mol. The third kappa shape index (κ3) is 2.20. The fourth-order valence-electron chi connectivity index (χ4n) is 2.16. The third-order valence-electron chi connectivity index (χ3n) is 3.22. The second-order valence-electron chi connectivity index (χ2n) is 4.60. The molecule has 0 aromatic heterocycles. The van der Waals surface area contributed by atoms with E-state index in [0.29, 0.717) is 5.57 Å². The Kier molecular flexibility index (Phi) is 3.32. The summed E-state index contributed by atoms with van der Waals surface area (Å²) < 4.78 is 0. The van der Waals surface area contributed by atoms with Gasteiger partial charge < -0.3 is 4.90 Å². The van der Waals surface area contributed by atoms with Gasteiger partial charge in [0, 0.05) is 33.3 Å². The topological polar surface area (TPSA) is 53.0 Å². The number of likely N-dealkylation sites (N-methyl/N-ethyl adjacent to an activating group) is 1. The van der Waals surface area contributed by atoms with E-state index in [2.05, 4.69) is 10.0 Å². The van der Waals surface area contributed by atoms with Crippen LogP contribution in [0.15, 0.2) is 28.5 Å². The van der Waals surface area contributed by atoms with Gasteiger partial charge in [-0.3, -0.25) is 9.59 Å². The van der Waals surface area contributed by atoms with Crippen molar-refractivity contribution in [3.63, 3.8) is 0 Å². The van der Waals surface area contributed by atoms with Crippen LogP contribution < -0.4 is 0 Å². The first-order valence-corrected chi connectivity index (χ1v) is 6.00. The van der Waals surface area contributed by atoms with E-state index in [1.807, 2.05) is 13.1 Å². The molecule has 0 atom stereocenters. The molecule has 1 amide bonds. The zero-order valence-corrected chi connectivity index (χ0v) is 10.9. The summed E-state index contributed by atoms with van der Waals surface area (Å²) in [5.41, 5.74) is 1.82. The van der Waals surface area contributed by atoms with Gasteiger partial charge in [0.2, 0.25) is 0 Å². The third-order valence-corrected chi connectivity index (χ3v) is 3.22. The van der Waals surface area contributed by atoms with Crippen molar-refractivity contribution in [3.8, 4) is 0 Å². The molecule has 2 rings (SSSR count). The van der Waals surface area contributed by atoms with E-state index in [9.17, 15) is 9.59 Å². The summed E-state index contributed by atoms with van der Waals surface area (Å²) in [6.07, 6.45) is 5.77. The number of amides is 1. The standard InChI is InChI=1S/C13H17N3O2/c1-9(17)12-11(13(18)16(3)14-12)7-6-10-5-4-8-15(10)2/h6-7H,4-5,8H2,1-3H3/b10-6-,11-7+. The van der Waals surface area contributed by atoms with Gasteiger partial charge in [0.15, 0.2) is 5.78 Å². The lowest BCUT2D eigenvalue weighted by molar-refractivity contribution is -0.124. The van der Waals surface area contributed by atoms with E-state index in [0.717, 1.165) is 19.4 Å². The minimum atomic E-state index is -0.224. The van der Waals surface area contributed by atoms with Gasteiger partial charge in [-0.1, -0.05) is 0 Å². The van der Waals surface area contributed by atoms with Crippen LogP contribution in [0, 0.1) is 0 Å². The maximum absolute atomic E-state index is 11.9. The van der Waals surface area contributed by atoms with E-state index in [1.54, 1.807) is 13.1 Å². The molecular formula is C13H17N3O2. The first-order valence-electron chi connectivity index (χ1n) is 6.00. The maximum Gasteiger partial charge on any atom is 0.276 e. The summed E-state index contributed by atoms with van der Waals surface area (Å²) in [4.78, 5) is 25.4. The predicted octanol–water partition coefficient (Wildman–Crippen LogP) is 0.939. The number of nitrogens with zero attached hydrogens (tertiary/aromatic N) is 3. The molecule has 0 aromatic rings. The van der Waals surface area contributed by atoms with Crippen molar-refractivity contribution in [2.24, 2.45) is 5.10 Å². The summed E-state index contributed by atoms with van der Waals surface area (Å²) in [6.45, 7) is 2.46. The molecule has 0 aliphatic carbocycles. The number of hydrazone groups is 1. The molecule has 2 aliphatic heterocycles. The zero-order valence-electron chi connectivity index (χ0n) is 10.9. The molecule has 18 heavy (non-hydrogen) atoms. The molecule has 0 bridgehead atoms. The minimum Gasteiger partial charge on any atom is -0.378 e. The molecule has 2 heterocycles. The number of hydrogen-bond acceptors (Lipinski definition) is 4. The lowest BCUT2D eigenvalue weighted by Gasteiger charge is -2.11. The Morgan fingerprint density at radius 2 is 2.06 bits per heavy atom. The second kappa shape index (κ2) is 4.76. The number of carbonyl (C=O) groups is 2. The molecule has 0 radical (unpaired) electrons. The summed E-state index contributed by atoms with van der Waals surface area (Å²) in [5, 5.41) is 5.16. The van der Waals surface area contributed by atoms with Crippen LogP contribution in [0.4, 0.5) is 0 Å². The monoisotopic (exact) mass is 247 g/mol. The number of carbonyl (C=O) groups excluding carboxylic acids is 2. The largest absolute Gasteiger partial charge is 0.378 e. The summed E-state index contributed by atoms with van der Waals surface area (Å²) >= 11 is 0. The van der Waals surface area contributed by atoms with Crippen LogP contribution in [-0.4, -0.2) is 48.0 Å². The first kappa shape index (κ1) is 12.5. The molecule has 0 N–H and O–H groups in total. The van der Waals surface area contributed by atoms with Crippen LogP contribution in [0.5, 0.6) is 0 Å². The molecule has 0 saturated carbocycles. The van der Waals surface area contributed by atoms with Crippen molar-refractivity contribution >= 4 is 17.4 Å². The maximum atomic E-state index is 11.9. The van der Waals surface area contributed by atoms with Gasteiger partial charge in [0.25, 0.3) is 5.91 Å². The highest BCUT2D eigenvalue weighted by Crippen LogP contribution is 2.20. The van der Waals surface area contributed by atoms with Crippen molar-refractivity contribution in [1.82, 2.24) is 9.91 Å². The van der Waals surface area contributed by atoms with Gasteiger partial charge in [-0.15, -0.1) is 0 Å². The fourth-order valence-corrected chi connectivity index (χ4v) is 2.16. The van der Waals surface area contributed by atoms with Gasteiger partial charge in [-0.25, -0.2) is 5.01 Å². The second-order valence-corrected chi connectivity index (χ2v) is 4.60. The number of rotatable bonds is 2. The molecule has 0 unspecified atom stereocenters. The molecule has 0 aromatic carbocycles.